The summed E-state index contributed by atoms with van der Waals surface area (Å²) in [6.45, 7) is 8.20. The summed E-state index contributed by atoms with van der Waals surface area (Å²) >= 11 is 0. The molecule has 1 nitrogen and oxygen atoms in total. The number of piperidine rings is 1. The van der Waals surface area contributed by atoms with Gasteiger partial charge < -0.3 is 4.90 Å². The van der Waals surface area contributed by atoms with Crippen molar-refractivity contribution < 1.29 is 0 Å². The fraction of sp³-hybridized carbons (Fsp3) is 0.500. The molecule has 1 aromatic carbocycles. The van der Waals surface area contributed by atoms with E-state index in [1.54, 1.807) is 0 Å². The highest BCUT2D eigenvalue weighted by Gasteiger charge is 2.05. The minimum atomic E-state index is 1.25. The Balaban J connectivity index is 0.000000171. The Labute approximate surface area is 106 Å². The summed E-state index contributed by atoms with van der Waals surface area (Å²) in [5, 5.41) is 0. The van der Waals surface area contributed by atoms with E-state index >= 15 is 0 Å². The highest BCUT2D eigenvalue weighted by atomic mass is 15.1. The van der Waals surface area contributed by atoms with Gasteiger partial charge in [-0.25, -0.2) is 0 Å². The van der Waals surface area contributed by atoms with E-state index < -0.39 is 0 Å². The lowest BCUT2D eigenvalue weighted by Gasteiger charge is -2.24. The van der Waals surface area contributed by atoms with Crippen molar-refractivity contribution >= 4 is 6.08 Å². The average Bonchev–Trinajstić information content (AvgIpc) is 2.42. The Kier molecular flexibility index (Phi) is 7.40. The summed E-state index contributed by atoms with van der Waals surface area (Å²) < 4.78 is 0. The van der Waals surface area contributed by atoms with Crippen LogP contribution >= 0.6 is 0 Å². The number of benzene rings is 1. The van der Waals surface area contributed by atoms with Gasteiger partial charge in [0.2, 0.25) is 0 Å². The summed E-state index contributed by atoms with van der Waals surface area (Å²) in [6, 6.07) is 10.3. The molecule has 1 aliphatic rings. The van der Waals surface area contributed by atoms with Crippen molar-refractivity contribution in [2.45, 2.75) is 33.1 Å². The molecule has 0 atom stereocenters. The minimum Gasteiger partial charge on any atom is -0.304 e. The Morgan fingerprint density at radius 3 is 2.18 bits per heavy atom. The molecule has 0 spiro atoms. The summed E-state index contributed by atoms with van der Waals surface area (Å²) in [4.78, 5) is 2.52. The van der Waals surface area contributed by atoms with Crippen molar-refractivity contribution in [1.29, 1.82) is 0 Å². The molecule has 2 rings (SSSR count). The van der Waals surface area contributed by atoms with E-state index in [2.05, 4.69) is 30.0 Å². The molecule has 1 heterocycles. The van der Waals surface area contributed by atoms with Gasteiger partial charge in [-0.1, -0.05) is 55.8 Å². The maximum absolute atomic E-state index is 2.52. The predicted octanol–water partition coefficient (Wildman–Crippen LogP) is 4.21. The van der Waals surface area contributed by atoms with Crippen molar-refractivity contribution in [1.82, 2.24) is 4.90 Å². The summed E-state index contributed by atoms with van der Waals surface area (Å²) in [7, 11) is 0. The Morgan fingerprint density at radius 2 is 1.71 bits per heavy atom. The number of allylic oxidation sites excluding steroid dienone is 1. The first kappa shape index (κ1) is 14.0. The van der Waals surface area contributed by atoms with Crippen LogP contribution in [0.2, 0.25) is 0 Å². The summed E-state index contributed by atoms with van der Waals surface area (Å²) in [6.07, 6.45) is 8.42. The number of rotatable bonds is 2. The number of likely N-dealkylation sites (tertiary alicyclic amines) is 1. The van der Waals surface area contributed by atoms with Crippen LogP contribution in [0.1, 0.15) is 38.7 Å². The highest BCUT2D eigenvalue weighted by molar-refractivity contribution is 5.47. The number of hydrogen-bond acceptors (Lipinski definition) is 1. The van der Waals surface area contributed by atoms with E-state index in [0.29, 0.717) is 0 Å². The van der Waals surface area contributed by atoms with Crippen LogP contribution in [0.5, 0.6) is 0 Å². The van der Waals surface area contributed by atoms with E-state index in [9.17, 15) is 0 Å². The lowest BCUT2D eigenvalue weighted by molar-refractivity contribution is 0.240. The first-order valence-electron chi connectivity index (χ1n) is 6.77. The van der Waals surface area contributed by atoms with Crippen molar-refractivity contribution in [3.05, 3.63) is 42.0 Å². The standard InChI is InChI=1S/C9H10.C7H15N/c1-2-6-9-7-4-3-5-8-9;1-2-8-6-4-3-5-7-8/h2-8H,1H3;2-7H2,1H3/b6-2+;. The molecule has 1 aromatic rings. The molecule has 1 heteroatoms. The molecule has 1 saturated heterocycles. The zero-order chi connectivity index (χ0) is 12.3. The molecule has 0 unspecified atom stereocenters. The van der Waals surface area contributed by atoms with E-state index in [1.165, 1.54) is 44.5 Å². The van der Waals surface area contributed by atoms with Crippen molar-refractivity contribution in [3.63, 3.8) is 0 Å². The van der Waals surface area contributed by atoms with Crippen LogP contribution in [0.25, 0.3) is 6.08 Å². The maximum Gasteiger partial charge on any atom is -0.00188 e. The molecule has 1 aliphatic heterocycles. The van der Waals surface area contributed by atoms with Crippen molar-refractivity contribution in [2.75, 3.05) is 19.6 Å². The molecule has 0 amide bonds. The van der Waals surface area contributed by atoms with Gasteiger partial charge in [0.15, 0.2) is 0 Å². The third-order valence-corrected chi connectivity index (χ3v) is 3.05. The quantitative estimate of drug-likeness (QED) is 0.737. The third kappa shape index (κ3) is 6.28. The summed E-state index contributed by atoms with van der Waals surface area (Å²) in [5.41, 5.74) is 1.26. The Morgan fingerprint density at radius 1 is 1.06 bits per heavy atom. The number of nitrogens with zero attached hydrogens (tertiary/aromatic N) is 1. The van der Waals surface area contributed by atoms with Crippen LogP contribution in [-0.4, -0.2) is 24.5 Å². The third-order valence-electron chi connectivity index (χ3n) is 3.05. The Hall–Kier alpha value is -1.08. The first-order valence-corrected chi connectivity index (χ1v) is 6.77. The number of hydrogen-bond donors (Lipinski definition) is 0. The molecular formula is C16H25N. The van der Waals surface area contributed by atoms with Gasteiger partial charge in [0, 0.05) is 0 Å². The van der Waals surface area contributed by atoms with Crippen molar-refractivity contribution in [3.8, 4) is 0 Å². The van der Waals surface area contributed by atoms with Crippen molar-refractivity contribution in [2.24, 2.45) is 0 Å². The van der Waals surface area contributed by atoms with E-state index in [1.807, 2.05) is 31.2 Å². The van der Waals surface area contributed by atoms with Gasteiger partial charge in [-0.2, -0.15) is 0 Å². The predicted molar refractivity (Wildman–Crippen MR) is 77.1 cm³/mol. The molecule has 94 valence electrons. The van der Waals surface area contributed by atoms with Gasteiger partial charge >= 0.3 is 0 Å². The van der Waals surface area contributed by atoms with Gasteiger partial charge in [0.25, 0.3) is 0 Å². The van der Waals surface area contributed by atoms with Gasteiger partial charge in [-0.3, -0.25) is 0 Å². The second-order valence-corrected chi connectivity index (χ2v) is 4.41. The lowest BCUT2D eigenvalue weighted by Crippen LogP contribution is -2.29. The smallest absolute Gasteiger partial charge is 0.00188 e. The van der Waals surface area contributed by atoms with Crippen LogP contribution in [0.4, 0.5) is 0 Å². The SMILES string of the molecule is C/C=C/c1ccccc1.CCN1CCCCC1. The maximum atomic E-state index is 2.52. The van der Waals surface area contributed by atoms with E-state index in [0.717, 1.165) is 0 Å². The monoisotopic (exact) mass is 231 g/mol. The van der Waals surface area contributed by atoms with Gasteiger partial charge in [-0.15, -0.1) is 0 Å². The van der Waals surface area contributed by atoms with E-state index in [-0.39, 0.29) is 0 Å². The van der Waals surface area contributed by atoms with Crippen LogP contribution in [0.15, 0.2) is 36.4 Å². The molecule has 0 bridgehead atoms. The molecule has 0 aliphatic carbocycles. The molecule has 0 N–H and O–H groups in total. The fourth-order valence-electron chi connectivity index (χ4n) is 2.03. The largest absolute Gasteiger partial charge is 0.304 e. The van der Waals surface area contributed by atoms with Crippen LogP contribution in [0.3, 0.4) is 0 Å². The average molecular weight is 231 g/mol. The topological polar surface area (TPSA) is 3.24 Å². The fourth-order valence-corrected chi connectivity index (χ4v) is 2.03. The van der Waals surface area contributed by atoms with E-state index in [4.69, 9.17) is 0 Å². The normalized spacial score (nSPS) is 16.6. The minimum absolute atomic E-state index is 1.25. The summed E-state index contributed by atoms with van der Waals surface area (Å²) in [5.74, 6) is 0. The van der Waals surface area contributed by atoms with Crippen LogP contribution in [-0.2, 0) is 0 Å². The van der Waals surface area contributed by atoms with Gasteiger partial charge in [0.05, 0.1) is 0 Å². The zero-order valence-electron chi connectivity index (χ0n) is 11.2. The highest BCUT2D eigenvalue weighted by Crippen LogP contribution is 2.06. The second kappa shape index (κ2) is 9.00. The molecule has 0 radical (unpaired) electrons. The molecular weight excluding hydrogens is 206 g/mol. The van der Waals surface area contributed by atoms with Gasteiger partial charge in [-0.05, 0) is 45.0 Å². The zero-order valence-corrected chi connectivity index (χ0v) is 11.2. The van der Waals surface area contributed by atoms with Crippen LogP contribution in [0, 0.1) is 0 Å². The molecule has 0 aromatic heterocycles. The van der Waals surface area contributed by atoms with Gasteiger partial charge in [0.1, 0.15) is 0 Å². The molecule has 0 saturated carbocycles. The van der Waals surface area contributed by atoms with Crippen LogP contribution < -0.4 is 0 Å². The molecule has 1 fully saturated rings. The second-order valence-electron chi connectivity index (χ2n) is 4.41. The molecule has 17 heavy (non-hydrogen) atoms. The Bertz CT molecular complexity index is 297. The lowest BCUT2D eigenvalue weighted by atomic mass is 10.1. The first-order chi connectivity index (χ1) is 8.36.